The molecule has 1 fully saturated rings. The van der Waals surface area contributed by atoms with Crippen LogP contribution in [0.1, 0.15) is 30.3 Å². The van der Waals surface area contributed by atoms with Gasteiger partial charge in [-0.25, -0.2) is 4.98 Å². The highest BCUT2D eigenvalue weighted by Crippen LogP contribution is 2.17. The smallest absolute Gasteiger partial charge is 0.273 e. The number of nitrogens with zero attached hydrogens (tertiary/aromatic N) is 4. The Morgan fingerprint density at radius 3 is 2.81 bits per heavy atom. The number of hydrogen-bond donors (Lipinski definition) is 1. The Morgan fingerprint density at radius 2 is 2.14 bits per heavy atom. The molecular weight excluding hydrogens is 266 g/mol. The van der Waals surface area contributed by atoms with Crippen molar-refractivity contribution in [2.75, 3.05) is 45.6 Å². The van der Waals surface area contributed by atoms with Crippen LogP contribution in [-0.2, 0) is 0 Å². The molecule has 0 bridgehead atoms. The van der Waals surface area contributed by atoms with E-state index in [-0.39, 0.29) is 5.91 Å². The SMILES string of the molecule is CCNc1cncc(C(=O)N(C)CC2CCN(C)CC2)n1. The van der Waals surface area contributed by atoms with Crippen molar-refractivity contribution in [2.24, 2.45) is 5.92 Å². The number of anilines is 1. The van der Waals surface area contributed by atoms with Gasteiger partial charge in [-0.2, -0.15) is 0 Å². The van der Waals surface area contributed by atoms with E-state index in [0.29, 0.717) is 17.4 Å². The quantitative estimate of drug-likeness (QED) is 0.886. The first-order chi connectivity index (χ1) is 10.1. The van der Waals surface area contributed by atoms with Crippen molar-refractivity contribution in [1.29, 1.82) is 0 Å². The van der Waals surface area contributed by atoms with Crippen LogP contribution in [0.15, 0.2) is 12.4 Å². The summed E-state index contributed by atoms with van der Waals surface area (Å²) in [4.78, 5) is 24.9. The van der Waals surface area contributed by atoms with E-state index in [2.05, 4.69) is 27.2 Å². The van der Waals surface area contributed by atoms with Crippen LogP contribution in [0.2, 0.25) is 0 Å². The molecule has 1 N–H and O–H groups in total. The molecule has 0 aromatic carbocycles. The van der Waals surface area contributed by atoms with Gasteiger partial charge < -0.3 is 15.1 Å². The van der Waals surface area contributed by atoms with Gasteiger partial charge in [0.1, 0.15) is 11.5 Å². The number of rotatable bonds is 5. The largest absolute Gasteiger partial charge is 0.369 e. The zero-order valence-corrected chi connectivity index (χ0v) is 13.2. The predicted octanol–water partition coefficient (Wildman–Crippen LogP) is 1.32. The number of hydrogen-bond acceptors (Lipinski definition) is 5. The van der Waals surface area contributed by atoms with E-state index in [4.69, 9.17) is 0 Å². The molecule has 0 radical (unpaired) electrons. The number of carbonyl (C=O) groups excluding carboxylic acids is 1. The minimum Gasteiger partial charge on any atom is -0.369 e. The summed E-state index contributed by atoms with van der Waals surface area (Å²) in [7, 11) is 4.00. The molecule has 0 saturated carbocycles. The number of likely N-dealkylation sites (tertiary alicyclic amines) is 1. The van der Waals surface area contributed by atoms with Crippen molar-refractivity contribution in [3.63, 3.8) is 0 Å². The van der Waals surface area contributed by atoms with Gasteiger partial charge in [0.2, 0.25) is 0 Å². The number of carbonyl (C=O) groups is 1. The summed E-state index contributed by atoms with van der Waals surface area (Å²) in [5.41, 5.74) is 0.406. The van der Waals surface area contributed by atoms with Gasteiger partial charge in [0, 0.05) is 20.1 Å². The number of piperidine rings is 1. The molecule has 6 nitrogen and oxygen atoms in total. The van der Waals surface area contributed by atoms with Gasteiger partial charge in [-0.05, 0) is 45.8 Å². The Labute approximate surface area is 126 Å². The van der Waals surface area contributed by atoms with E-state index in [0.717, 1.165) is 39.0 Å². The number of nitrogens with one attached hydrogen (secondary N) is 1. The zero-order valence-electron chi connectivity index (χ0n) is 13.2. The van der Waals surface area contributed by atoms with E-state index >= 15 is 0 Å². The molecule has 21 heavy (non-hydrogen) atoms. The normalized spacial score (nSPS) is 16.7. The Kier molecular flexibility index (Phi) is 5.50. The highest BCUT2D eigenvalue weighted by Gasteiger charge is 2.21. The summed E-state index contributed by atoms with van der Waals surface area (Å²) in [6.07, 6.45) is 5.47. The highest BCUT2D eigenvalue weighted by atomic mass is 16.2. The van der Waals surface area contributed by atoms with Crippen LogP contribution in [0, 0.1) is 5.92 Å². The van der Waals surface area contributed by atoms with Gasteiger partial charge in [-0.3, -0.25) is 9.78 Å². The van der Waals surface area contributed by atoms with Crippen LogP contribution < -0.4 is 5.32 Å². The van der Waals surface area contributed by atoms with Crippen molar-refractivity contribution < 1.29 is 4.79 Å². The molecule has 6 heteroatoms. The molecule has 2 heterocycles. The van der Waals surface area contributed by atoms with Crippen LogP contribution in [0.4, 0.5) is 5.82 Å². The molecule has 1 aliphatic rings. The van der Waals surface area contributed by atoms with E-state index < -0.39 is 0 Å². The summed E-state index contributed by atoms with van der Waals surface area (Å²) >= 11 is 0. The lowest BCUT2D eigenvalue weighted by molar-refractivity contribution is 0.0741. The minimum atomic E-state index is -0.0545. The Balaban J connectivity index is 1.94. The van der Waals surface area contributed by atoms with Crippen molar-refractivity contribution in [3.8, 4) is 0 Å². The highest BCUT2D eigenvalue weighted by molar-refractivity contribution is 5.92. The molecule has 0 unspecified atom stereocenters. The second-order valence-corrected chi connectivity index (χ2v) is 5.75. The average molecular weight is 291 g/mol. The lowest BCUT2D eigenvalue weighted by atomic mass is 9.96. The topological polar surface area (TPSA) is 61.4 Å². The molecular formula is C15H25N5O. The molecule has 1 aromatic rings. The molecule has 116 valence electrons. The molecule has 0 atom stereocenters. The third-order valence-corrected chi connectivity index (χ3v) is 3.93. The van der Waals surface area contributed by atoms with Crippen LogP contribution in [-0.4, -0.2) is 65.9 Å². The zero-order chi connectivity index (χ0) is 15.2. The second kappa shape index (κ2) is 7.36. The van der Waals surface area contributed by atoms with Gasteiger partial charge in [0.15, 0.2) is 0 Å². The Hall–Kier alpha value is -1.69. The van der Waals surface area contributed by atoms with Crippen LogP contribution >= 0.6 is 0 Å². The second-order valence-electron chi connectivity index (χ2n) is 5.75. The van der Waals surface area contributed by atoms with Gasteiger partial charge in [0.25, 0.3) is 5.91 Å². The first kappa shape index (κ1) is 15.7. The summed E-state index contributed by atoms with van der Waals surface area (Å²) in [5.74, 6) is 1.18. The van der Waals surface area contributed by atoms with E-state index in [1.807, 2.05) is 14.0 Å². The third-order valence-electron chi connectivity index (χ3n) is 3.93. The average Bonchev–Trinajstić information content (AvgIpc) is 2.49. The number of aromatic nitrogens is 2. The van der Waals surface area contributed by atoms with Gasteiger partial charge >= 0.3 is 0 Å². The fourth-order valence-electron chi connectivity index (χ4n) is 2.65. The Bertz CT molecular complexity index is 471. The lowest BCUT2D eigenvalue weighted by Crippen LogP contribution is -2.38. The molecule has 1 amide bonds. The van der Waals surface area contributed by atoms with Crippen molar-refractivity contribution in [1.82, 2.24) is 19.8 Å². The molecule has 1 aliphatic heterocycles. The molecule has 1 aromatic heterocycles. The third kappa shape index (κ3) is 4.39. The van der Waals surface area contributed by atoms with Crippen LogP contribution in [0.3, 0.4) is 0 Å². The molecule has 2 rings (SSSR count). The summed E-state index contributed by atoms with van der Waals surface area (Å²) in [6, 6.07) is 0. The fourth-order valence-corrected chi connectivity index (χ4v) is 2.65. The predicted molar refractivity (Wildman–Crippen MR) is 83.4 cm³/mol. The standard InChI is InChI=1S/C15H25N5O/c1-4-17-14-10-16-9-13(18-14)15(21)20(3)11-12-5-7-19(2)8-6-12/h9-10,12H,4-8,11H2,1-3H3,(H,17,18). The van der Waals surface area contributed by atoms with Gasteiger partial charge in [-0.1, -0.05) is 0 Å². The molecule has 0 spiro atoms. The van der Waals surface area contributed by atoms with Crippen LogP contribution in [0.5, 0.6) is 0 Å². The maximum atomic E-state index is 12.4. The fraction of sp³-hybridized carbons (Fsp3) is 0.667. The van der Waals surface area contributed by atoms with E-state index in [1.165, 1.54) is 6.20 Å². The van der Waals surface area contributed by atoms with E-state index in [9.17, 15) is 4.79 Å². The van der Waals surface area contributed by atoms with Crippen LogP contribution in [0.25, 0.3) is 0 Å². The maximum absolute atomic E-state index is 12.4. The van der Waals surface area contributed by atoms with Crippen molar-refractivity contribution >= 4 is 11.7 Å². The minimum absolute atomic E-state index is 0.0545. The first-order valence-electron chi connectivity index (χ1n) is 7.60. The summed E-state index contributed by atoms with van der Waals surface area (Å²) < 4.78 is 0. The Morgan fingerprint density at radius 1 is 1.43 bits per heavy atom. The molecule has 0 aliphatic carbocycles. The van der Waals surface area contributed by atoms with Gasteiger partial charge in [-0.15, -0.1) is 0 Å². The lowest BCUT2D eigenvalue weighted by Gasteiger charge is -2.31. The van der Waals surface area contributed by atoms with Crippen molar-refractivity contribution in [3.05, 3.63) is 18.1 Å². The summed E-state index contributed by atoms with van der Waals surface area (Å²) in [5, 5.41) is 3.08. The van der Waals surface area contributed by atoms with E-state index in [1.54, 1.807) is 11.1 Å². The number of amides is 1. The first-order valence-corrected chi connectivity index (χ1v) is 7.60. The molecule has 1 saturated heterocycles. The van der Waals surface area contributed by atoms with Crippen molar-refractivity contribution in [2.45, 2.75) is 19.8 Å². The summed E-state index contributed by atoms with van der Waals surface area (Å²) in [6.45, 7) is 5.77. The van der Waals surface area contributed by atoms with Gasteiger partial charge in [0.05, 0.1) is 12.4 Å². The maximum Gasteiger partial charge on any atom is 0.273 e. The monoisotopic (exact) mass is 291 g/mol.